The topological polar surface area (TPSA) is 44.8 Å². The lowest BCUT2D eigenvalue weighted by Gasteiger charge is -2.26. The highest BCUT2D eigenvalue weighted by atomic mass is 16.5. The molecule has 1 atom stereocenters. The fourth-order valence-electron chi connectivity index (χ4n) is 2.67. The molecule has 0 fully saturated rings. The van der Waals surface area contributed by atoms with Gasteiger partial charge in [-0.05, 0) is 17.7 Å². The largest absolute Gasteiger partial charge is 0.493 e. The number of carbonyl (C=O) groups excluding carboxylic acids is 1. The molecule has 4 nitrogen and oxygen atoms in total. The highest BCUT2D eigenvalue weighted by Crippen LogP contribution is 2.39. The number of hydrogen-bond acceptors (Lipinski definition) is 4. The number of cyclic esters (lactones) is 1. The molecule has 3 rings (SSSR count). The molecule has 108 valence electrons. The SMILES string of the molecule is COc1cccc(C2Cc3ccccc3C(=O)O2)c1OC. The molecule has 0 saturated heterocycles. The van der Waals surface area contributed by atoms with E-state index in [1.807, 2.05) is 36.4 Å². The highest BCUT2D eigenvalue weighted by molar-refractivity contribution is 5.92. The summed E-state index contributed by atoms with van der Waals surface area (Å²) in [5.41, 5.74) is 2.44. The molecule has 4 heteroatoms. The summed E-state index contributed by atoms with van der Waals surface area (Å²) in [6.07, 6.45) is 0.267. The molecule has 0 aliphatic carbocycles. The molecule has 0 amide bonds. The molecule has 0 aromatic heterocycles. The zero-order valence-electron chi connectivity index (χ0n) is 12.0. The fraction of sp³-hybridized carbons (Fsp3) is 0.235. The molecule has 0 saturated carbocycles. The third-order valence-electron chi connectivity index (χ3n) is 3.67. The number of fused-ring (bicyclic) bond motifs is 1. The van der Waals surface area contributed by atoms with Crippen molar-refractivity contribution in [1.82, 2.24) is 0 Å². The average molecular weight is 284 g/mol. The fourth-order valence-corrected chi connectivity index (χ4v) is 2.67. The first-order valence-electron chi connectivity index (χ1n) is 6.74. The van der Waals surface area contributed by atoms with Crippen LogP contribution < -0.4 is 9.47 Å². The molecule has 0 bridgehead atoms. The van der Waals surface area contributed by atoms with Gasteiger partial charge in [-0.25, -0.2) is 4.79 Å². The quantitative estimate of drug-likeness (QED) is 0.812. The van der Waals surface area contributed by atoms with Gasteiger partial charge in [-0.15, -0.1) is 0 Å². The van der Waals surface area contributed by atoms with Crippen LogP contribution >= 0.6 is 0 Å². The number of para-hydroxylation sites is 1. The Morgan fingerprint density at radius 1 is 1.05 bits per heavy atom. The summed E-state index contributed by atoms with van der Waals surface area (Å²) in [4.78, 5) is 12.1. The normalized spacial score (nSPS) is 16.9. The maximum absolute atomic E-state index is 12.1. The van der Waals surface area contributed by atoms with Crippen molar-refractivity contribution in [2.45, 2.75) is 12.5 Å². The molecule has 1 aliphatic rings. The van der Waals surface area contributed by atoms with Gasteiger partial charge in [-0.1, -0.05) is 30.3 Å². The summed E-state index contributed by atoms with van der Waals surface area (Å²) in [6.45, 7) is 0. The van der Waals surface area contributed by atoms with Crippen molar-refractivity contribution in [3.63, 3.8) is 0 Å². The monoisotopic (exact) mass is 284 g/mol. The van der Waals surface area contributed by atoms with Gasteiger partial charge < -0.3 is 14.2 Å². The summed E-state index contributed by atoms with van der Waals surface area (Å²) in [6, 6.07) is 13.1. The van der Waals surface area contributed by atoms with E-state index >= 15 is 0 Å². The van der Waals surface area contributed by atoms with E-state index in [0.29, 0.717) is 23.5 Å². The van der Waals surface area contributed by atoms with Crippen LogP contribution in [0.5, 0.6) is 11.5 Å². The van der Waals surface area contributed by atoms with E-state index in [2.05, 4.69) is 0 Å². The maximum atomic E-state index is 12.1. The number of benzene rings is 2. The molecule has 1 heterocycles. The van der Waals surface area contributed by atoms with Gasteiger partial charge in [-0.3, -0.25) is 0 Å². The number of esters is 1. The zero-order chi connectivity index (χ0) is 14.8. The van der Waals surface area contributed by atoms with E-state index < -0.39 is 0 Å². The second kappa shape index (κ2) is 5.48. The minimum Gasteiger partial charge on any atom is -0.493 e. The van der Waals surface area contributed by atoms with Crippen molar-refractivity contribution in [2.24, 2.45) is 0 Å². The van der Waals surface area contributed by atoms with Crippen LogP contribution in [0.2, 0.25) is 0 Å². The Morgan fingerprint density at radius 2 is 1.86 bits per heavy atom. The van der Waals surface area contributed by atoms with Crippen LogP contribution in [0, 0.1) is 0 Å². The van der Waals surface area contributed by atoms with Crippen LogP contribution in [0.4, 0.5) is 0 Å². The Hall–Kier alpha value is -2.49. The van der Waals surface area contributed by atoms with Crippen molar-refractivity contribution < 1.29 is 19.0 Å². The van der Waals surface area contributed by atoms with Crippen molar-refractivity contribution in [2.75, 3.05) is 14.2 Å². The van der Waals surface area contributed by atoms with Crippen LogP contribution in [0.15, 0.2) is 42.5 Å². The third kappa shape index (κ3) is 2.33. The first kappa shape index (κ1) is 13.5. The van der Waals surface area contributed by atoms with Crippen LogP contribution in [-0.4, -0.2) is 20.2 Å². The smallest absolute Gasteiger partial charge is 0.339 e. The highest BCUT2D eigenvalue weighted by Gasteiger charge is 2.29. The van der Waals surface area contributed by atoms with Gasteiger partial charge in [0, 0.05) is 12.0 Å². The molecule has 0 radical (unpaired) electrons. The Kier molecular flexibility index (Phi) is 3.52. The first-order valence-corrected chi connectivity index (χ1v) is 6.74. The van der Waals surface area contributed by atoms with Crippen LogP contribution in [-0.2, 0) is 11.2 Å². The Bertz CT molecular complexity index is 678. The van der Waals surface area contributed by atoms with Crippen molar-refractivity contribution in [1.29, 1.82) is 0 Å². The van der Waals surface area contributed by atoms with Gasteiger partial charge in [0.2, 0.25) is 0 Å². The number of hydrogen-bond donors (Lipinski definition) is 0. The first-order chi connectivity index (χ1) is 10.2. The van der Waals surface area contributed by atoms with Gasteiger partial charge >= 0.3 is 5.97 Å². The van der Waals surface area contributed by atoms with Gasteiger partial charge in [0.1, 0.15) is 6.10 Å². The van der Waals surface area contributed by atoms with Gasteiger partial charge in [-0.2, -0.15) is 0 Å². The summed E-state index contributed by atoms with van der Waals surface area (Å²) in [5, 5.41) is 0. The lowest BCUT2D eigenvalue weighted by molar-refractivity contribution is 0.0247. The lowest BCUT2D eigenvalue weighted by Crippen LogP contribution is -2.22. The van der Waals surface area contributed by atoms with Gasteiger partial charge in [0.05, 0.1) is 19.8 Å². The van der Waals surface area contributed by atoms with Gasteiger partial charge in [0.15, 0.2) is 11.5 Å². The predicted molar refractivity (Wildman–Crippen MR) is 77.8 cm³/mol. The van der Waals surface area contributed by atoms with Crippen LogP contribution in [0.3, 0.4) is 0 Å². The predicted octanol–water partition coefficient (Wildman–Crippen LogP) is 3.16. The minimum absolute atomic E-state index is 0.299. The number of methoxy groups -OCH3 is 2. The zero-order valence-corrected chi connectivity index (χ0v) is 12.0. The molecular formula is C17H16O4. The minimum atomic E-state index is -0.363. The molecule has 1 unspecified atom stereocenters. The Labute approximate surface area is 123 Å². The number of ether oxygens (including phenoxy) is 3. The second-order valence-corrected chi connectivity index (χ2v) is 4.84. The molecule has 1 aliphatic heterocycles. The van der Waals surface area contributed by atoms with Gasteiger partial charge in [0.25, 0.3) is 0 Å². The summed E-state index contributed by atoms with van der Waals surface area (Å²) >= 11 is 0. The molecular weight excluding hydrogens is 268 g/mol. The van der Waals surface area contributed by atoms with Crippen molar-refractivity contribution >= 4 is 5.97 Å². The molecule has 0 spiro atoms. The lowest BCUT2D eigenvalue weighted by atomic mass is 9.94. The summed E-state index contributed by atoms with van der Waals surface area (Å²) < 4.78 is 16.3. The van der Waals surface area contributed by atoms with E-state index in [1.54, 1.807) is 20.3 Å². The van der Waals surface area contributed by atoms with E-state index in [4.69, 9.17) is 14.2 Å². The third-order valence-corrected chi connectivity index (χ3v) is 3.67. The summed E-state index contributed by atoms with van der Waals surface area (Å²) in [5.74, 6) is 0.939. The molecule has 2 aromatic carbocycles. The van der Waals surface area contributed by atoms with Crippen molar-refractivity contribution in [3.05, 3.63) is 59.2 Å². The number of rotatable bonds is 3. The molecule has 2 aromatic rings. The van der Waals surface area contributed by atoms with E-state index in [9.17, 15) is 4.79 Å². The summed E-state index contributed by atoms with van der Waals surface area (Å²) in [7, 11) is 3.17. The van der Waals surface area contributed by atoms with E-state index in [-0.39, 0.29) is 12.1 Å². The number of carbonyl (C=O) groups is 1. The maximum Gasteiger partial charge on any atom is 0.339 e. The van der Waals surface area contributed by atoms with Crippen molar-refractivity contribution in [3.8, 4) is 11.5 Å². The van der Waals surface area contributed by atoms with Crippen LogP contribution in [0.25, 0.3) is 0 Å². The average Bonchev–Trinajstić information content (AvgIpc) is 2.54. The van der Waals surface area contributed by atoms with Crippen LogP contribution in [0.1, 0.15) is 27.6 Å². The van der Waals surface area contributed by atoms with E-state index in [1.165, 1.54) is 0 Å². The molecule has 21 heavy (non-hydrogen) atoms. The second-order valence-electron chi connectivity index (χ2n) is 4.84. The van der Waals surface area contributed by atoms with E-state index in [0.717, 1.165) is 11.1 Å². The molecule has 0 N–H and O–H groups in total. The Morgan fingerprint density at radius 3 is 2.62 bits per heavy atom. The standard InChI is InChI=1S/C17H16O4/c1-19-14-9-5-8-13(16(14)20-2)15-10-11-6-3-4-7-12(11)17(18)21-15/h3-9,15H,10H2,1-2H3. The Balaban J connectivity index is 2.02.